The SMILES string of the molecule is CN1CC(=O)N(c2ccccc2)CC12CCN(C(=O)c1ccco1)C2.O=C(O)C(F)(F)F. The molecule has 0 bridgehead atoms. The molecule has 1 N–H and O–H groups in total. The lowest BCUT2D eigenvalue weighted by Crippen LogP contribution is -2.64. The topological polar surface area (TPSA) is 94.3 Å². The van der Waals surface area contributed by atoms with E-state index in [2.05, 4.69) is 4.90 Å². The third-order valence-corrected chi connectivity index (χ3v) is 5.60. The quantitative estimate of drug-likeness (QED) is 0.751. The van der Waals surface area contributed by atoms with Crippen molar-refractivity contribution in [2.24, 2.45) is 0 Å². The maximum absolute atomic E-state index is 12.6. The van der Waals surface area contributed by atoms with Crippen molar-refractivity contribution < 1.29 is 37.1 Å². The summed E-state index contributed by atoms with van der Waals surface area (Å²) in [6, 6.07) is 13.2. The van der Waals surface area contributed by atoms with Gasteiger partial charge in [0, 0.05) is 25.3 Å². The zero-order valence-corrected chi connectivity index (χ0v) is 17.2. The molecule has 2 aromatic rings. The largest absolute Gasteiger partial charge is 0.490 e. The maximum atomic E-state index is 12.6. The molecule has 2 saturated heterocycles. The molecule has 1 aromatic carbocycles. The van der Waals surface area contributed by atoms with Crippen molar-refractivity contribution in [3.8, 4) is 0 Å². The monoisotopic (exact) mass is 453 g/mol. The summed E-state index contributed by atoms with van der Waals surface area (Å²) in [6.07, 6.45) is -2.73. The van der Waals surface area contributed by atoms with E-state index in [0.717, 1.165) is 12.1 Å². The molecule has 0 saturated carbocycles. The number of halogens is 3. The molecule has 0 aliphatic carbocycles. The van der Waals surface area contributed by atoms with Crippen molar-refractivity contribution in [2.75, 3.05) is 38.1 Å². The number of para-hydroxylation sites is 1. The highest BCUT2D eigenvalue weighted by atomic mass is 19.4. The average Bonchev–Trinajstić information content (AvgIpc) is 3.42. The number of nitrogens with zero attached hydrogens (tertiary/aromatic N) is 3. The highest BCUT2D eigenvalue weighted by molar-refractivity contribution is 5.96. The smallest absolute Gasteiger partial charge is 0.475 e. The van der Waals surface area contributed by atoms with Crippen LogP contribution < -0.4 is 4.90 Å². The van der Waals surface area contributed by atoms with Gasteiger partial charge in [-0.25, -0.2) is 4.79 Å². The summed E-state index contributed by atoms with van der Waals surface area (Å²) >= 11 is 0. The van der Waals surface area contributed by atoms with Crippen LogP contribution in [-0.4, -0.2) is 77.6 Å². The van der Waals surface area contributed by atoms with Gasteiger partial charge < -0.3 is 19.3 Å². The van der Waals surface area contributed by atoms with Crippen LogP contribution in [0.1, 0.15) is 17.0 Å². The number of amides is 2. The Morgan fingerprint density at radius 1 is 1.09 bits per heavy atom. The van der Waals surface area contributed by atoms with Crippen LogP contribution in [0.5, 0.6) is 0 Å². The molecule has 2 aliphatic heterocycles. The van der Waals surface area contributed by atoms with E-state index in [1.165, 1.54) is 6.26 Å². The standard InChI is InChI=1S/C19H21N3O3.C2HF3O2/c1-20-12-17(23)22(15-6-3-2-4-7-15)14-19(20)9-10-21(13-19)18(24)16-8-5-11-25-16;3-2(4,5)1(6)7/h2-8,11H,9-10,12-14H2,1H3;(H,6,7). The van der Waals surface area contributed by atoms with Gasteiger partial charge >= 0.3 is 12.1 Å². The van der Waals surface area contributed by atoms with E-state index in [0.29, 0.717) is 31.9 Å². The fourth-order valence-corrected chi connectivity index (χ4v) is 3.83. The molecule has 0 radical (unpaired) electrons. The number of alkyl halides is 3. The first kappa shape index (κ1) is 23.3. The van der Waals surface area contributed by atoms with Gasteiger partial charge in [-0.05, 0) is 37.7 Å². The molecule has 2 fully saturated rings. The number of hydrogen-bond donors (Lipinski definition) is 1. The summed E-state index contributed by atoms with van der Waals surface area (Å²) in [5, 5.41) is 7.12. The normalized spacial score (nSPS) is 21.4. The molecule has 1 unspecified atom stereocenters. The lowest BCUT2D eigenvalue weighted by Gasteiger charge is -2.46. The van der Waals surface area contributed by atoms with Crippen LogP contribution in [-0.2, 0) is 9.59 Å². The zero-order valence-electron chi connectivity index (χ0n) is 17.2. The van der Waals surface area contributed by atoms with Crippen molar-refractivity contribution in [1.29, 1.82) is 0 Å². The van der Waals surface area contributed by atoms with Crippen molar-refractivity contribution >= 4 is 23.5 Å². The minimum absolute atomic E-state index is 0.0848. The van der Waals surface area contributed by atoms with Gasteiger partial charge in [0.15, 0.2) is 5.76 Å². The van der Waals surface area contributed by atoms with Gasteiger partial charge in [0.1, 0.15) is 0 Å². The molecule has 1 aromatic heterocycles. The Morgan fingerprint density at radius 2 is 1.75 bits per heavy atom. The Labute approximate surface area is 181 Å². The van der Waals surface area contributed by atoms with Gasteiger partial charge in [0.25, 0.3) is 5.91 Å². The second-order valence-corrected chi connectivity index (χ2v) is 7.65. The number of piperazine rings is 1. The number of carboxylic acids is 1. The minimum Gasteiger partial charge on any atom is -0.475 e. The number of likely N-dealkylation sites (tertiary alicyclic amines) is 1. The van der Waals surface area contributed by atoms with E-state index in [-0.39, 0.29) is 17.4 Å². The molecule has 2 amide bonds. The Hall–Kier alpha value is -3.34. The van der Waals surface area contributed by atoms with Crippen LogP contribution in [0.25, 0.3) is 0 Å². The molecule has 1 atom stereocenters. The highest BCUT2D eigenvalue weighted by Crippen LogP contribution is 2.34. The fourth-order valence-electron chi connectivity index (χ4n) is 3.83. The Morgan fingerprint density at radius 3 is 2.31 bits per heavy atom. The maximum Gasteiger partial charge on any atom is 0.490 e. The van der Waals surface area contributed by atoms with Crippen LogP contribution >= 0.6 is 0 Å². The zero-order chi connectivity index (χ0) is 23.5. The number of benzene rings is 1. The predicted molar refractivity (Wildman–Crippen MR) is 107 cm³/mol. The predicted octanol–water partition coefficient (Wildman–Crippen LogP) is 2.48. The summed E-state index contributed by atoms with van der Waals surface area (Å²) in [4.78, 5) is 39.8. The molecular weight excluding hydrogens is 431 g/mol. The molecule has 172 valence electrons. The average molecular weight is 453 g/mol. The van der Waals surface area contributed by atoms with E-state index >= 15 is 0 Å². The van der Waals surface area contributed by atoms with Gasteiger partial charge in [0.05, 0.1) is 18.3 Å². The molecule has 32 heavy (non-hydrogen) atoms. The van der Waals surface area contributed by atoms with Crippen LogP contribution in [0.4, 0.5) is 18.9 Å². The molecule has 11 heteroatoms. The van der Waals surface area contributed by atoms with E-state index < -0.39 is 12.1 Å². The van der Waals surface area contributed by atoms with E-state index in [1.807, 2.05) is 47.2 Å². The van der Waals surface area contributed by atoms with E-state index in [1.54, 1.807) is 12.1 Å². The number of furan rings is 1. The summed E-state index contributed by atoms with van der Waals surface area (Å²) in [7, 11) is 1.97. The first-order valence-corrected chi connectivity index (χ1v) is 9.73. The first-order valence-electron chi connectivity index (χ1n) is 9.73. The number of hydrogen-bond acceptors (Lipinski definition) is 5. The van der Waals surface area contributed by atoms with Crippen molar-refractivity contribution in [3.63, 3.8) is 0 Å². The molecule has 2 aliphatic rings. The third kappa shape index (κ3) is 4.93. The van der Waals surface area contributed by atoms with Gasteiger partial charge in [-0.3, -0.25) is 14.5 Å². The molecule has 8 nitrogen and oxygen atoms in total. The number of carboxylic acid groups (broad SMARTS) is 1. The second kappa shape index (κ2) is 9.03. The second-order valence-electron chi connectivity index (χ2n) is 7.65. The molecule has 4 rings (SSSR count). The van der Waals surface area contributed by atoms with Crippen LogP contribution in [0.3, 0.4) is 0 Å². The van der Waals surface area contributed by atoms with E-state index in [9.17, 15) is 22.8 Å². The van der Waals surface area contributed by atoms with Crippen molar-refractivity contribution in [3.05, 3.63) is 54.5 Å². The Kier molecular flexibility index (Phi) is 6.58. The first-order chi connectivity index (χ1) is 15.0. The number of likely N-dealkylation sites (N-methyl/N-ethyl adjacent to an activating group) is 1. The van der Waals surface area contributed by atoms with Gasteiger partial charge in [-0.1, -0.05) is 18.2 Å². The summed E-state index contributed by atoms with van der Waals surface area (Å²) in [6.45, 7) is 2.21. The molecule has 1 spiro atoms. The Balaban J connectivity index is 0.000000360. The van der Waals surface area contributed by atoms with Crippen molar-refractivity contribution in [2.45, 2.75) is 18.1 Å². The van der Waals surface area contributed by atoms with Gasteiger partial charge in [-0.2, -0.15) is 13.2 Å². The third-order valence-electron chi connectivity index (χ3n) is 5.60. The number of anilines is 1. The highest BCUT2D eigenvalue weighted by Gasteiger charge is 2.49. The summed E-state index contributed by atoms with van der Waals surface area (Å²) in [5.41, 5.74) is 0.696. The van der Waals surface area contributed by atoms with Gasteiger partial charge in [-0.15, -0.1) is 0 Å². The lowest BCUT2D eigenvalue weighted by molar-refractivity contribution is -0.192. The minimum atomic E-state index is -5.08. The number of carbonyl (C=O) groups is 3. The molecular formula is C21H22F3N3O5. The summed E-state index contributed by atoms with van der Waals surface area (Å²) < 4.78 is 37.0. The van der Waals surface area contributed by atoms with Crippen LogP contribution in [0.15, 0.2) is 53.1 Å². The fraction of sp³-hybridized carbons (Fsp3) is 0.381. The summed E-state index contributed by atoms with van der Waals surface area (Å²) in [5.74, 6) is -2.38. The number of aliphatic carboxylic acids is 1. The number of carbonyl (C=O) groups excluding carboxylic acids is 2. The molecule has 3 heterocycles. The number of rotatable bonds is 2. The van der Waals surface area contributed by atoms with Crippen molar-refractivity contribution in [1.82, 2.24) is 9.80 Å². The van der Waals surface area contributed by atoms with E-state index in [4.69, 9.17) is 14.3 Å². The van der Waals surface area contributed by atoms with Gasteiger partial charge in [0.2, 0.25) is 5.91 Å². The van der Waals surface area contributed by atoms with Crippen LogP contribution in [0.2, 0.25) is 0 Å². The van der Waals surface area contributed by atoms with Crippen LogP contribution in [0, 0.1) is 0 Å². The Bertz CT molecular complexity index is 965. The lowest BCUT2D eigenvalue weighted by atomic mass is 9.92.